The SMILES string of the molecule is Cc1sc(N(CCc2ccc(C#N)cc2)CC2CCCCC2)nc1C(=O)NS(=O)(=O)Cc1cccnc1. The molecule has 1 fully saturated rings. The maximum absolute atomic E-state index is 12.9. The van der Waals surface area contributed by atoms with Crippen LogP contribution in [0.3, 0.4) is 0 Å². The first-order chi connectivity index (χ1) is 17.8. The fourth-order valence-corrected chi connectivity index (χ4v) is 6.61. The van der Waals surface area contributed by atoms with Crippen molar-refractivity contribution in [2.24, 2.45) is 5.92 Å². The smallest absolute Gasteiger partial charge is 0.284 e. The number of thiazole rings is 1. The van der Waals surface area contributed by atoms with E-state index in [0.717, 1.165) is 30.2 Å². The van der Waals surface area contributed by atoms with Crippen molar-refractivity contribution < 1.29 is 13.2 Å². The number of aryl methyl sites for hydroxylation is 1. The Hall–Kier alpha value is -3.29. The van der Waals surface area contributed by atoms with Crippen LogP contribution in [-0.4, -0.2) is 37.4 Å². The van der Waals surface area contributed by atoms with E-state index in [9.17, 15) is 13.2 Å². The lowest BCUT2D eigenvalue weighted by atomic mass is 9.89. The largest absolute Gasteiger partial charge is 0.347 e. The zero-order chi connectivity index (χ0) is 26.3. The number of nitriles is 1. The van der Waals surface area contributed by atoms with Gasteiger partial charge < -0.3 is 4.90 Å². The van der Waals surface area contributed by atoms with Crippen LogP contribution in [0.1, 0.15) is 64.2 Å². The van der Waals surface area contributed by atoms with Gasteiger partial charge in [0, 0.05) is 30.4 Å². The second-order valence-electron chi connectivity index (χ2n) is 9.46. The van der Waals surface area contributed by atoms with Gasteiger partial charge in [0.15, 0.2) is 5.13 Å². The van der Waals surface area contributed by atoms with E-state index in [1.54, 1.807) is 25.3 Å². The Morgan fingerprint density at radius 2 is 1.92 bits per heavy atom. The lowest BCUT2D eigenvalue weighted by Crippen LogP contribution is -2.33. The summed E-state index contributed by atoms with van der Waals surface area (Å²) in [5.41, 5.74) is 2.40. The quantitative estimate of drug-likeness (QED) is 0.401. The summed E-state index contributed by atoms with van der Waals surface area (Å²) in [6.45, 7) is 3.36. The van der Waals surface area contributed by atoms with Crippen LogP contribution in [0, 0.1) is 24.2 Å². The summed E-state index contributed by atoms with van der Waals surface area (Å²) in [4.78, 5) is 24.4. The zero-order valence-electron chi connectivity index (χ0n) is 20.9. The monoisotopic (exact) mass is 537 g/mol. The number of anilines is 1. The molecule has 10 heteroatoms. The van der Waals surface area contributed by atoms with Gasteiger partial charge in [-0.1, -0.05) is 37.5 Å². The Kier molecular flexibility index (Phi) is 8.90. The number of sulfonamides is 1. The summed E-state index contributed by atoms with van der Waals surface area (Å²) in [7, 11) is -3.90. The number of benzene rings is 1. The Morgan fingerprint density at radius 1 is 1.16 bits per heavy atom. The van der Waals surface area contributed by atoms with Gasteiger partial charge in [0.25, 0.3) is 5.91 Å². The Bertz CT molecular complexity index is 1340. The third-order valence-corrected chi connectivity index (χ3v) is 8.80. The van der Waals surface area contributed by atoms with E-state index >= 15 is 0 Å². The van der Waals surface area contributed by atoms with Crippen molar-refractivity contribution in [3.05, 3.63) is 76.1 Å². The third kappa shape index (κ3) is 7.60. The third-order valence-electron chi connectivity index (χ3n) is 6.56. The average molecular weight is 538 g/mol. The van der Waals surface area contributed by atoms with Crippen LogP contribution in [-0.2, 0) is 22.2 Å². The fraction of sp³-hybridized carbons (Fsp3) is 0.407. The van der Waals surface area contributed by atoms with E-state index in [-0.39, 0.29) is 11.4 Å². The number of pyridine rings is 1. The van der Waals surface area contributed by atoms with E-state index in [4.69, 9.17) is 5.26 Å². The molecule has 1 aliphatic rings. The zero-order valence-corrected chi connectivity index (χ0v) is 22.5. The molecule has 3 aromatic rings. The molecular weight excluding hydrogens is 506 g/mol. The highest BCUT2D eigenvalue weighted by Crippen LogP contribution is 2.30. The molecule has 4 rings (SSSR count). The molecule has 0 aliphatic heterocycles. The van der Waals surface area contributed by atoms with Gasteiger partial charge in [-0.15, -0.1) is 11.3 Å². The maximum atomic E-state index is 12.9. The lowest BCUT2D eigenvalue weighted by molar-refractivity contribution is 0.0976. The number of hydrogen-bond acceptors (Lipinski definition) is 8. The second kappa shape index (κ2) is 12.3. The van der Waals surface area contributed by atoms with E-state index in [1.165, 1.54) is 49.6 Å². The normalized spacial score (nSPS) is 14.2. The maximum Gasteiger partial charge on any atom is 0.284 e. The summed E-state index contributed by atoms with van der Waals surface area (Å²) >= 11 is 1.42. The molecule has 0 bridgehead atoms. The van der Waals surface area contributed by atoms with Gasteiger partial charge in [0.1, 0.15) is 5.69 Å². The molecule has 0 radical (unpaired) electrons. The van der Waals surface area contributed by atoms with Crippen LogP contribution >= 0.6 is 11.3 Å². The van der Waals surface area contributed by atoms with Gasteiger partial charge >= 0.3 is 0 Å². The summed E-state index contributed by atoms with van der Waals surface area (Å²) in [5.74, 6) is -0.481. The predicted octanol–water partition coefficient (Wildman–Crippen LogP) is 4.61. The van der Waals surface area contributed by atoms with E-state index in [2.05, 4.69) is 25.7 Å². The number of carbonyl (C=O) groups excluding carboxylic acids is 1. The Morgan fingerprint density at radius 3 is 2.59 bits per heavy atom. The van der Waals surface area contributed by atoms with Crippen LogP contribution in [0.4, 0.5) is 5.13 Å². The van der Waals surface area contributed by atoms with Crippen molar-refractivity contribution in [3.63, 3.8) is 0 Å². The molecule has 1 amide bonds. The molecule has 2 heterocycles. The van der Waals surface area contributed by atoms with E-state index in [0.29, 0.717) is 21.9 Å². The fourth-order valence-electron chi connectivity index (χ4n) is 4.61. The molecule has 0 spiro atoms. The molecule has 0 atom stereocenters. The molecule has 1 aromatic carbocycles. The van der Waals surface area contributed by atoms with Crippen molar-refractivity contribution in [1.82, 2.24) is 14.7 Å². The molecule has 1 saturated carbocycles. The number of aromatic nitrogens is 2. The van der Waals surface area contributed by atoms with Gasteiger partial charge in [-0.2, -0.15) is 5.26 Å². The summed E-state index contributed by atoms with van der Waals surface area (Å²) < 4.78 is 27.3. The Labute approximate surface area is 222 Å². The van der Waals surface area contributed by atoms with Crippen LogP contribution in [0.2, 0.25) is 0 Å². The van der Waals surface area contributed by atoms with Crippen LogP contribution in [0.15, 0.2) is 48.8 Å². The number of hydrogen-bond donors (Lipinski definition) is 1. The number of nitrogens with zero attached hydrogens (tertiary/aromatic N) is 4. The topological polar surface area (TPSA) is 116 Å². The van der Waals surface area contributed by atoms with Crippen molar-refractivity contribution in [1.29, 1.82) is 5.26 Å². The van der Waals surface area contributed by atoms with Crippen molar-refractivity contribution in [3.8, 4) is 6.07 Å². The first-order valence-electron chi connectivity index (χ1n) is 12.5. The highest BCUT2D eigenvalue weighted by atomic mass is 32.2. The minimum atomic E-state index is -3.90. The first-order valence-corrected chi connectivity index (χ1v) is 14.9. The van der Waals surface area contributed by atoms with Crippen molar-refractivity contribution in [2.75, 3.05) is 18.0 Å². The summed E-state index contributed by atoms with van der Waals surface area (Å²) in [5, 5.41) is 9.79. The highest BCUT2D eigenvalue weighted by Gasteiger charge is 2.25. The number of nitrogens with one attached hydrogen (secondary N) is 1. The predicted molar refractivity (Wildman–Crippen MR) is 145 cm³/mol. The molecule has 1 N–H and O–H groups in total. The van der Waals surface area contributed by atoms with E-state index in [1.807, 2.05) is 24.3 Å². The second-order valence-corrected chi connectivity index (χ2v) is 12.4. The van der Waals surface area contributed by atoms with Crippen LogP contribution in [0.5, 0.6) is 0 Å². The minimum Gasteiger partial charge on any atom is -0.347 e. The standard InChI is InChI=1S/C27H31N5O3S2/c1-20-25(26(33)31-37(34,35)19-24-8-5-14-29-17-24)30-27(36-20)32(18-23-6-3-2-4-7-23)15-13-21-9-11-22(16-28)12-10-21/h5,8-12,14,17,23H,2-4,6-7,13,15,18-19H2,1H3,(H,31,33). The van der Waals surface area contributed by atoms with Crippen molar-refractivity contribution >= 4 is 32.4 Å². The van der Waals surface area contributed by atoms with Gasteiger partial charge in [-0.05, 0) is 61.4 Å². The number of carbonyl (C=O) groups is 1. The molecule has 1 aliphatic carbocycles. The highest BCUT2D eigenvalue weighted by molar-refractivity contribution is 7.89. The summed E-state index contributed by atoms with van der Waals surface area (Å²) in [6.07, 6.45) is 9.90. The average Bonchev–Trinajstić information content (AvgIpc) is 3.29. The molecule has 8 nitrogen and oxygen atoms in total. The van der Waals surface area contributed by atoms with Crippen molar-refractivity contribution in [2.45, 2.75) is 51.2 Å². The van der Waals surface area contributed by atoms with Gasteiger partial charge in [-0.25, -0.2) is 18.1 Å². The molecule has 0 saturated heterocycles. The van der Waals surface area contributed by atoms with Gasteiger partial charge in [0.2, 0.25) is 10.0 Å². The number of amides is 1. The minimum absolute atomic E-state index is 0.141. The van der Waals surface area contributed by atoms with Gasteiger partial charge in [0.05, 0.1) is 17.4 Å². The molecule has 194 valence electrons. The Balaban J connectivity index is 1.49. The summed E-state index contributed by atoms with van der Waals surface area (Å²) in [6, 6.07) is 13.0. The molecule has 37 heavy (non-hydrogen) atoms. The number of rotatable bonds is 10. The lowest BCUT2D eigenvalue weighted by Gasteiger charge is -2.29. The van der Waals surface area contributed by atoms with Crippen LogP contribution in [0.25, 0.3) is 0 Å². The van der Waals surface area contributed by atoms with E-state index < -0.39 is 15.9 Å². The first kappa shape index (κ1) is 26.8. The van der Waals surface area contributed by atoms with Gasteiger partial charge in [-0.3, -0.25) is 9.78 Å². The molecule has 2 aromatic heterocycles. The molecule has 0 unspecified atom stereocenters. The molecular formula is C27H31N5O3S2. The van der Waals surface area contributed by atoms with Crippen LogP contribution < -0.4 is 9.62 Å².